The van der Waals surface area contributed by atoms with Gasteiger partial charge in [0.2, 0.25) is 0 Å². The summed E-state index contributed by atoms with van der Waals surface area (Å²) >= 11 is 3.19. The van der Waals surface area contributed by atoms with Crippen molar-refractivity contribution in [2.45, 2.75) is 13.0 Å². The highest BCUT2D eigenvalue weighted by molar-refractivity contribution is 14.0. The minimum absolute atomic E-state index is 0. The average Bonchev–Trinajstić information content (AvgIpc) is 3.08. The molecule has 1 atom stereocenters. The molecule has 146 valence electrons. The summed E-state index contributed by atoms with van der Waals surface area (Å²) in [7, 11) is 1.81. The maximum absolute atomic E-state index is 13.6. The number of ether oxygens (including phenoxy) is 1. The van der Waals surface area contributed by atoms with Crippen LogP contribution in [-0.4, -0.2) is 68.7 Å². The number of morpholine rings is 1. The van der Waals surface area contributed by atoms with Crippen molar-refractivity contribution in [3.05, 3.63) is 34.1 Å². The summed E-state index contributed by atoms with van der Waals surface area (Å²) in [6, 6.07) is 5.21. The standard InChI is InChI=1S/C18H26BrFN4O.HI/c1-21-18(22-11-14-2-3-16(19)17(20)10-14)24-5-4-15(13-24)12-23-6-8-25-9-7-23;/h2-3,10,15H,4-9,11-13H2,1H3,(H,21,22);1H. The summed E-state index contributed by atoms with van der Waals surface area (Å²) in [4.78, 5) is 9.21. The van der Waals surface area contributed by atoms with E-state index in [1.165, 1.54) is 6.42 Å². The minimum Gasteiger partial charge on any atom is -0.379 e. The highest BCUT2D eigenvalue weighted by Gasteiger charge is 2.27. The number of hydrogen-bond acceptors (Lipinski definition) is 3. The lowest BCUT2D eigenvalue weighted by Crippen LogP contribution is -2.42. The summed E-state index contributed by atoms with van der Waals surface area (Å²) in [5.74, 6) is 1.33. The molecule has 3 rings (SSSR count). The Morgan fingerprint density at radius 1 is 1.35 bits per heavy atom. The monoisotopic (exact) mass is 540 g/mol. The van der Waals surface area contributed by atoms with E-state index in [0.717, 1.165) is 57.5 Å². The van der Waals surface area contributed by atoms with Gasteiger partial charge in [-0.15, -0.1) is 24.0 Å². The topological polar surface area (TPSA) is 40.1 Å². The Kier molecular flexibility index (Phi) is 9.05. The molecular weight excluding hydrogens is 514 g/mol. The van der Waals surface area contributed by atoms with Crippen molar-refractivity contribution in [2.24, 2.45) is 10.9 Å². The van der Waals surface area contributed by atoms with Crippen LogP contribution < -0.4 is 5.32 Å². The molecule has 5 nitrogen and oxygen atoms in total. The molecule has 2 aliphatic heterocycles. The Balaban J connectivity index is 0.00000243. The number of halogens is 3. The summed E-state index contributed by atoms with van der Waals surface area (Å²) < 4.78 is 19.5. The van der Waals surface area contributed by atoms with Crippen LogP contribution in [0.15, 0.2) is 27.7 Å². The molecule has 1 aromatic rings. The van der Waals surface area contributed by atoms with Gasteiger partial charge in [-0.25, -0.2) is 4.39 Å². The van der Waals surface area contributed by atoms with Crippen molar-refractivity contribution in [2.75, 3.05) is 53.0 Å². The molecule has 26 heavy (non-hydrogen) atoms. The third kappa shape index (κ3) is 6.03. The third-order valence-corrected chi connectivity index (χ3v) is 5.50. The van der Waals surface area contributed by atoms with Crippen molar-refractivity contribution in [1.29, 1.82) is 0 Å². The van der Waals surface area contributed by atoms with Gasteiger partial charge in [0.25, 0.3) is 0 Å². The fourth-order valence-electron chi connectivity index (χ4n) is 3.49. The zero-order valence-electron chi connectivity index (χ0n) is 15.1. The number of rotatable bonds is 4. The van der Waals surface area contributed by atoms with Gasteiger partial charge < -0.3 is 15.0 Å². The van der Waals surface area contributed by atoms with Crippen LogP contribution in [0, 0.1) is 11.7 Å². The molecule has 0 aliphatic carbocycles. The number of benzene rings is 1. The van der Waals surface area contributed by atoms with E-state index in [4.69, 9.17) is 4.74 Å². The third-order valence-electron chi connectivity index (χ3n) is 4.85. The molecule has 2 heterocycles. The number of guanidine groups is 1. The van der Waals surface area contributed by atoms with Gasteiger partial charge in [0.15, 0.2) is 5.96 Å². The highest BCUT2D eigenvalue weighted by atomic mass is 127. The number of nitrogens with zero attached hydrogens (tertiary/aromatic N) is 3. The predicted molar refractivity (Wildman–Crippen MR) is 117 cm³/mol. The van der Waals surface area contributed by atoms with Crippen LogP contribution in [-0.2, 0) is 11.3 Å². The van der Waals surface area contributed by atoms with E-state index in [0.29, 0.717) is 16.9 Å². The first-order valence-electron chi connectivity index (χ1n) is 8.85. The zero-order valence-corrected chi connectivity index (χ0v) is 19.0. The summed E-state index contributed by atoms with van der Waals surface area (Å²) in [6.45, 7) is 7.52. The lowest BCUT2D eigenvalue weighted by atomic mass is 10.1. The fourth-order valence-corrected chi connectivity index (χ4v) is 3.73. The Morgan fingerprint density at radius 2 is 2.12 bits per heavy atom. The van der Waals surface area contributed by atoms with Crippen LogP contribution >= 0.6 is 39.9 Å². The Bertz CT molecular complexity index is 613. The molecule has 1 N–H and O–H groups in total. The molecule has 0 aromatic heterocycles. The second kappa shape index (κ2) is 10.8. The number of hydrogen-bond donors (Lipinski definition) is 1. The van der Waals surface area contributed by atoms with E-state index in [9.17, 15) is 4.39 Å². The Labute approximate surface area is 180 Å². The lowest BCUT2D eigenvalue weighted by Gasteiger charge is -2.29. The molecule has 0 amide bonds. The van der Waals surface area contributed by atoms with E-state index in [1.807, 2.05) is 6.07 Å². The molecule has 0 spiro atoms. The highest BCUT2D eigenvalue weighted by Crippen LogP contribution is 2.19. The summed E-state index contributed by atoms with van der Waals surface area (Å²) in [6.07, 6.45) is 1.19. The van der Waals surface area contributed by atoms with Crippen LogP contribution in [0.2, 0.25) is 0 Å². The second-order valence-electron chi connectivity index (χ2n) is 6.66. The van der Waals surface area contributed by atoms with Gasteiger partial charge in [0.1, 0.15) is 5.82 Å². The van der Waals surface area contributed by atoms with E-state index in [1.54, 1.807) is 19.2 Å². The van der Waals surface area contributed by atoms with Crippen molar-refractivity contribution >= 4 is 45.9 Å². The first-order chi connectivity index (χ1) is 12.2. The van der Waals surface area contributed by atoms with Crippen LogP contribution in [0.25, 0.3) is 0 Å². The molecule has 1 aromatic carbocycles. The Morgan fingerprint density at radius 3 is 2.81 bits per heavy atom. The van der Waals surface area contributed by atoms with Crippen LogP contribution in [0.1, 0.15) is 12.0 Å². The minimum atomic E-state index is -0.235. The van der Waals surface area contributed by atoms with Crippen LogP contribution in [0.5, 0.6) is 0 Å². The SMILES string of the molecule is CN=C(NCc1ccc(Br)c(F)c1)N1CCC(CN2CCOCC2)C1.I. The molecular formula is C18H27BrFIN4O. The van der Waals surface area contributed by atoms with Crippen LogP contribution in [0.3, 0.4) is 0 Å². The Hall–Kier alpha value is -0.450. The molecule has 2 aliphatic rings. The summed E-state index contributed by atoms with van der Waals surface area (Å²) in [5.41, 5.74) is 0.908. The van der Waals surface area contributed by atoms with Crippen molar-refractivity contribution in [3.63, 3.8) is 0 Å². The first kappa shape index (κ1) is 21.8. The van der Waals surface area contributed by atoms with Gasteiger partial charge in [-0.1, -0.05) is 6.07 Å². The van der Waals surface area contributed by atoms with Gasteiger partial charge in [0, 0.05) is 46.3 Å². The van der Waals surface area contributed by atoms with E-state index in [-0.39, 0.29) is 29.8 Å². The van der Waals surface area contributed by atoms with Crippen molar-refractivity contribution < 1.29 is 9.13 Å². The van der Waals surface area contributed by atoms with Crippen molar-refractivity contribution in [3.8, 4) is 0 Å². The summed E-state index contributed by atoms with van der Waals surface area (Å²) in [5, 5.41) is 3.36. The molecule has 8 heteroatoms. The van der Waals surface area contributed by atoms with Gasteiger partial charge in [-0.2, -0.15) is 0 Å². The average molecular weight is 541 g/mol. The number of nitrogens with one attached hydrogen (secondary N) is 1. The van der Waals surface area contributed by atoms with Gasteiger partial charge in [0.05, 0.1) is 17.7 Å². The zero-order chi connectivity index (χ0) is 17.6. The van der Waals surface area contributed by atoms with E-state index < -0.39 is 0 Å². The van der Waals surface area contributed by atoms with Gasteiger partial charge >= 0.3 is 0 Å². The number of likely N-dealkylation sites (tertiary alicyclic amines) is 1. The van der Waals surface area contributed by atoms with Gasteiger partial charge in [-0.3, -0.25) is 9.89 Å². The molecule has 2 fully saturated rings. The van der Waals surface area contributed by atoms with E-state index in [2.05, 4.69) is 36.0 Å². The van der Waals surface area contributed by atoms with Crippen molar-refractivity contribution in [1.82, 2.24) is 15.1 Å². The quantitative estimate of drug-likeness (QED) is 0.362. The van der Waals surface area contributed by atoms with E-state index >= 15 is 0 Å². The largest absolute Gasteiger partial charge is 0.379 e. The lowest BCUT2D eigenvalue weighted by molar-refractivity contribution is 0.0315. The van der Waals surface area contributed by atoms with Gasteiger partial charge in [-0.05, 0) is 46.0 Å². The molecule has 2 saturated heterocycles. The maximum Gasteiger partial charge on any atom is 0.193 e. The predicted octanol–water partition coefficient (Wildman–Crippen LogP) is 2.94. The second-order valence-corrected chi connectivity index (χ2v) is 7.52. The first-order valence-corrected chi connectivity index (χ1v) is 9.64. The number of aliphatic imine (C=N–C) groups is 1. The fraction of sp³-hybridized carbons (Fsp3) is 0.611. The molecule has 0 bridgehead atoms. The smallest absolute Gasteiger partial charge is 0.193 e. The van der Waals surface area contributed by atoms with Crippen LogP contribution in [0.4, 0.5) is 4.39 Å². The molecule has 1 unspecified atom stereocenters. The molecule has 0 radical (unpaired) electrons. The molecule has 0 saturated carbocycles. The maximum atomic E-state index is 13.6. The normalized spacial score (nSPS) is 21.6.